The van der Waals surface area contributed by atoms with E-state index >= 15 is 0 Å². The van der Waals surface area contributed by atoms with E-state index in [9.17, 15) is 0 Å². The molecule has 0 aromatic heterocycles. The summed E-state index contributed by atoms with van der Waals surface area (Å²) in [6.45, 7) is 5.97. The van der Waals surface area contributed by atoms with Gasteiger partial charge in [-0.3, -0.25) is 0 Å². The van der Waals surface area contributed by atoms with Gasteiger partial charge >= 0.3 is 0 Å². The first-order valence-electron chi connectivity index (χ1n) is 13.7. The maximum absolute atomic E-state index is 2.81. The van der Waals surface area contributed by atoms with Crippen LogP contribution >= 0.6 is 0 Å². The van der Waals surface area contributed by atoms with Crippen LogP contribution in [-0.4, -0.2) is 37.2 Å². The summed E-state index contributed by atoms with van der Waals surface area (Å²) in [6, 6.07) is 20.7. The highest BCUT2D eigenvalue weighted by atomic mass is 15.4. The average molecular weight is 444 g/mol. The monoisotopic (exact) mass is 443 g/mol. The Hall–Kier alpha value is -2.00. The lowest BCUT2D eigenvalue weighted by molar-refractivity contribution is 0.0936. The molecule has 33 heavy (non-hydrogen) atoms. The number of piperidine rings is 1. The molecule has 2 heterocycles. The molecule has 1 saturated heterocycles. The Bertz CT molecular complexity index is 904. The van der Waals surface area contributed by atoms with Crippen molar-refractivity contribution in [3.05, 3.63) is 60.2 Å². The molecule has 2 aromatic carbocycles. The molecule has 0 spiro atoms. The van der Waals surface area contributed by atoms with E-state index in [1.54, 1.807) is 0 Å². The van der Waals surface area contributed by atoms with Crippen LogP contribution in [-0.2, 0) is 6.54 Å². The van der Waals surface area contributed by atoms with Crippen molar-refractivity contribution in [1.82, 2.24) is 4.90 Å². The van der Waals surface area contributed by atoms with Crippen molar-refractivity contribution in [2.75, 3.05) is 36.1 Å². The summed E-state index contributed by atoms with van der Waals surface area (Å²) in [7, 11) is 0. The number of nitrogens with zero attached hydrogens (tertiary/aromatic N) is 3. The molecule has 3 atom stereocenters. The minimum absolute atomic E-state index is 0.678. The van der Waals surface area contributed by atoms with E-state index in [2.05, 4.69) is 69.3 Å². The summed E-state index contributed by atoms with van der Waals surface area (Å²) in [5, 5.41) is 0. The molecular weight excluding hydrogens is 402 g/mol. The van der Waals surface area contributed by atoms with Crippen molar-refractivity contribution >= 4 is 11.4 Å². The zero-order chi connectivity index (χ0) is 22.0. The van der Waals surface area contributed by atoms with Crippen LogP contribution in [0.3, 0.4) is 0 Å². The largest absolute Gasteiger partial charge is 0.349 e. The molecule has 3 fully saturated rings. The molecule has 2 aromatic rings. The summed E-state index contributed by atoms with van der Waals surface area (Å²) in [5.74, 6) is 3.11. The summed E-state index contributed by atoms with van der Waals surface area (Å²) < 4.78 is 0. The highest BCUT2D eigenvalue weighted by molar-refractivity contribution is 5.76. The molecule has 2 aliphatic heterocycles. The van der Waals surface area contributed by atoms with E-state index in [0.717, 1.165) is 31.0 Å². The molecule has 3 heteroatoms. The predicted octanol–water partition coefficient (Wildman–Crippen LogP) is 6.54. The van der Waals surface area contributed by atoms with Gasteiger partial charge in [-0.05, 0) is 67.6 Å². The van der Waals surface area contributed by atoms with Crippen LogP contribution in [0.15, 0.2) is 54.6 Å². The number of likely N-dealkylation sites (tertiary alicyclic amines) is 1. The first-order chi connectivity index (χ1) is 16.3. The number of para-hydroxylation sites is 2. The van der Waals surface area contributed by atoms with Crippen LogP contribution in [0.2, 0.25) is 0 Å². The first-order valence-corrected chi connectivity index (χ1v) is 13.7. The summed E-state index contributed by atoms with van der Waals surface area (Å²) in [4.78, 5) is 8.09. The highest BCUT2D eigenvalue weighted by Crippen LogP contribution is 2.43. The Labute approximate surface area is 200 Å². The van der Waals surface area contributed by atoms with Crippen LogP contribution in [0, 0.1) is 17.8 Å². The normalized spacial score (nSPS) is 28.5. The lowest BCUT2D eigenvalue weighted by atomic mass is 9.67. The van der Waals surface area contributed by atoms with Crippen molar-refractivity contribution in [3.63, 3.8) is 0 Å². The fourth-order valence-electron chi connectivity index (χ4n) is 7.48. The Balaban J connectivity index is 1.05. The third kappa shape index (κ3) is 4.67. The molecule has 0 bridgehead atoms. The van der Waals surface area contributed by atoms with Gasteiger partial charge in [0.15, 0.2) is 0 Å². The zero-order valence-corrected chi connectivity index (χ0v) is 20.2. The van der Waals surface area contributed by atoms with Gasteiger partial charge in [0.05, 0.1) is 18.0 Å². The lowest BCUT2D eigenvalue weighted by Crippen LogP contribution is -2.47. The van der Waals surface area contributed by atoms with Gasteiger partial charge < -0.3 is 14.7 Å². The van der Waals surface area contributed by atoms with Gasteiger partial charge in [0.2, 0.25) is 0 Å². The maximum Gasteiger partial charge on any atom is 0.0910 e. The topological polar surface area (TPSA) is 9.72 Å². The number of benzene rings is 2. The molecule has 0 N–H and O–H groups in total. The van der Waals surface area contributed by atoms with Crippen molar-refractivity contribution in [2.45, 2.75) is 70.4 Å². The first kappa shape index (κ1) is 21.5. The minimum atomic E-state index is 0.678. The van der Waals surface area contributed by atoms with Crippen LogP contribution < -0.4 is 9.80 Å². The molecule has 3 nitrogen and oxygen atoms in total. The fourth-order valence-corrected chi connectivity index (χ4v) is 7.48. The molecule has 0 amide bonds. The molecule has 6 rings (SSSR count). The Morgan fingerprint density at radius 2 is 1.42 bits per heavy atom. The Morgan fingerprint density at radius 1 is 0.697 bits per heavy atom. The van der Waals surface area contributed by atoms with E-state index in [0.29, 0.717) is 6.04 Å². The maximum atomic E-state index is 2.81. The third-order valence-corrected chi connectivity index (χ3v) is 9.23. The van der Waals surface area contributed by atoms with Crippen molar-refractivity contribution in [1.29, 1.82) is 0 Å². The molecule has 176 valence electrons. The van der Waals surface area contributed by atoms with Gasteiger partial charge in [-0.25, -0.2) is 0 Å². The standard InChI is InChI=1S/C30H41N3/c1-2-8-24(9-3-1)22-32-23-33(30-13-7-6-12-29(30)32)28-16-18-31(19-17-28)21-25-14-15-26-10-4-5-11-27(26)20-25/h1-3,6-9,12-13,25-28H,4-5,10-11,14-23H2. The summed E-state index contributed by atoms with van der Waals surface area (Å²) in [6.07, 6.45) is 13.2. The number of rotatable bonds is 5. The SMILES string of the molecule is c1ccc(CN2CN(C3CCN(CC4CCC5CCCCC5C4)CC3)c3ccccc32)cc1. The second kappa shape index (κ2) is 9.70. The van der Waals surface area contributed by atoms with Crippen molar-refractivity contribution in [3.8, 4) is 0 Å². The molecule has 0 radical (unpaired) electrons. The molecule has 4 aliphatic rings. The Morgan fingerprint density at radius 3 is 2.24 bits per heavy atom. The molecular formula is C30H41N3. The average Bonchev–Trinajstić information content (AvgIpc) is 3.23. The van der Waals surface area contributed by atoms with E-state index in [-0.39, 0.29) is 0 Å². The second-order valence-corrected chi connectivity index (χ2v) is 11.3. The quantitative estimate of drug-likeness (QED) is 0.519. The smallest absolute Gasteiger partial charge is 0.0910 e. The lowest BCUT2D eigenvalue weighted by Gasteiger charge is -2.43. The molecule has 2 aliphatic carbocycles. The predicted molar refractivity (Wildman–Crippen MR) is 139 cm³/mol. The van der Waals surface area contributed by atoms with E-state index in [1.807, 2.05) is 0 Å². The highest BCUT2D eigenvalue weighted by Gasteiger charge is 2.35. The number of hydrogen-bond donors (Lipinski definition) is 0. The van der Waals surface area contributed by atoms with Gasteiger partial charge in [-0.2, -0.15) is 0 Å². The van der Waals surface area contributed by atoms with E-state index in [4.69, 9.17) is 0 Å². The van der Waals surface area contributed by atoms with Crippen LogP contribution in [0.5, 0.6) is 0 Å². The van der Waals surface area contributed by atoms with Gasteiger partial charge in [-0.1, -0.05) is 68.1 Å². The van der Waals surface area contributed by atoms with Gasteiger partial charge in [0.25, 0.3) is 0 Å². The van der Waals surface area contributed by atoms with Crippen molar-refractivity contribution < 1.29 is 0 Å². The minimum Gasteiger partial charge on any atom is -0.349 e. The van der Waals surface area contributed by atoms with Gasteiger partial charge in [-0.15, -0.1) is 0 Å². The zero-order valence-electron chi connectivity index (χ0n) is 20.2. The molecule has 3 unspecified atom stereocenters. The summed E-state index contributed by atoms with van der Waals surface area (Å²) in [5.41, 5.74) is 4.26. The Kier molecular flexibility index (Phi) is 6.33. The number of anilines is 2. The number of fused-ring (bicyclic) bond motifs is 2. The molecule has 2 saturated carbocycles. The van der Waals surface area contributed by atoms with Crippen LogP contribution in [0.25, 0.3) is 0 Å². The fraction of sp³-hybridized carbons (Fsp3) is 0.600. The van der Waals surface area contributed by atoms with E-state index in [1.165, 1.54) is 94.4 Å². The number of hydrogen-bond acceptors (Lipinski definition) is 3. The van der Waals surface area contributed by atoms with Crippen LogP contribution in [0.4, 0.5) is 11.4 Å². The van der Waals surface area contributed by atoms with E-state index < -0.39 is 0 Å². The summed E-state index contributed by atoms with van der Waals surface area (Å²) >= 11 is 0. The third-order valence-electron chi connectivity index (χ3n) is 9.23. The second-order valence-electron chi connectivity index (χ2n) is 11.3. The van der Waals surface area contributed by atoms with Crippen molar-refractivity contribution in [2.24, 2.45) is 17.8 Å². The van der Waals surface area contributed by atoms with Gasteiger partial charge in [0, 0.05) is 32.2 Å². The van der Waals surface area contributed by atoms with Gasteiger partial charge in [0.1, 0.15) is 0 Å². The van der Waals surface area contributed by atoms with Crippen LogP contribution in [0.1, 0.15) is 63.4 Å².